The molecule has 0 saturated carbocycles. The Morgan fingerprint density at radius 3 is 2.36 bits per heavy atom. The van der Waals surface area contributed by atoms with E-state index in [0.29, 0.717) is 12.3 Å². The van der Waals surface area contributed by atoms with Gasteiger partial charge in [0.2, 0.25) is 10.0 Å². The van der Waals surface area contributed by atoms with E-state index in [9.17, 15) is 13.5 Å². The highest BCUT2D eigenvalue weighted by atomic mass is 79.9. The van der Waals surface area contributed by atoms with Gasteiger partial charge in [-0.25, -0.2) is 13.4 Å². The van der Waals surface area contributed by atoms with Crippen LogP contribution in [0.4, 0.5) is 0 Å². The third kappa shape index (κ3) is 5.13. The highest BCUT2D eigenvalue weighted by molar-refractivity contribution is 9.10. The summed E-state index contributed by atoms with van der Waals surface area (Å²) in [7, 11) is -3.69. The van der Waals surface area contributed by atoms with Gasteiger partial charge < -0.3 is 9.52 Å². The van der Waals surface area contributed by atoms with Gasteiger partial charge in [0.1, 0.15) is 5.76 Å². The highest BCUT2D eigenvalue weighted by Crippen LogP contribution is 2.23. The lowest BCUT2D eigenvalue weighted by atomic mass is 9.94. The summed E-state index contributed by atoms with van der Waals surface area (Å²) >= 11 is 3.29. The maximum atomic E-state index is 12.8. The highest BCUT2D eigenvalue weighted by Gasteiger charge is 2.25. The van der Waals surface area contributed by atoms with Gasteiger partial charge in [0.15, 0.2) is 5.89 Å². The Bertz CT molecular complexity index is 795. The molecule has 0 aliphatic heterocycles. The van der Waals surface area contributed by atoms with Crippen LogP contribution in [0.3, 0.4) is 0 Å². The monoisotopic (exact) mass is 430 g/mol. The molecule has 6 nitrogen and oxygen atoms in total. The van der Waals surface area contributed by atoms with Crippen molar-refractivity contribution >= 4 is 26.0 Å². The molecule has 138 valence electrons. The molecule has 1 aromatic heterocycles. The van der Waals surface area contributed by atoms with E-state index in [2.05, 4.69) is 20.9 Å². The molecular formula is C17H23BrN2O4S. The van der Waals surface area contributed by atoms with Crippen LogP contribution in [-0.4, -0.2) is 42.5 Å². The summed E-state index contributed by atoms with van der Waals surface area (Å²) in [4.78, 5) is 4.41. The minimum Gasteiger partial charge on any atom is -0.445 e. The van der Waals surface area contributed by atoms with Gasteiger partial charge in [-0.05, 0) is 24.3 Å². The number of hydrogen-bond acceptors (Lipinski definition) is 5. The summed E-state index contributed by atoms with van der Waals surface area (Å²) in [5.41, 5.74) is -0.153. The molecule has 0 unspecified atom stereocenters. The number of nitrogens with zero attached hydrogens (tertiary/aromatic N) is 2. The number of halogens is 1. The molecule has 1 N–H and O–H groups in total. The van der Waals surface area contributed by atoms with Crippen molar-refractivity contribution in [2.45, 2.75) is 37.5 Å². The zero-order chi connectivity index (χ0) is 18.7. The second-order valence-electron chi connectivity index (χ2n) is 6.70. The number of hydrogen-bond donors (Lipinski definition) is 1. The molecule has 2 rings (SSSR count). The fourth-order valence-electron chi connectivity index (χ4n) is 2.21. The van der Waals surface area contributed by atoms with E-state index in [-0.39, 0.29) is 30.0 Å². The van der Waals surface area contributed by atoms with Gasteiger partial charge in [0.25, 0.3) is 0 Å². The molecular weight excluding hydrogens is 408 g/mol. The first kappa shape index (κ1) is 20.1. The Hall–Kier alpha value is -1.22. The number of oxazole rings is 1. The summed E-state index contributed by atoms with van der Waals surface area (Å²) < 4.78 is 33.3. The Balaban J connectivity index is 2.15. The molecule has 0 aliphatic rings. The molecule has 0 atom stereocenters. The second kappa shape index (κ2) is 7.99. The maximum absolute atomic E-state index is 12.8. The largest absolute Gasteiger partial charge is 0.445 e. The van der Waals surface area contributed by atoms with E-state index in [4.69, 9.17) is 4.42 Å². The summed E-state index contributed by atoms with van der Waals surface area (Å²) in [5, 5.41) is 9.25. The fourth-order valence-corrected chi connectivity index (χ4v) is 3.91. The van der Waals surface area contributed by atoms with Crippen molar-refractivity contribution in [3.05, 3.63) is 46.6 Å². The fraction of sp³-hybridized carbons (Fsp3) is 0.471. The van der Waals surface area contributed by atoms with Crippen molar-refractivity contribution in [1.29, 1.82) is 0 Å². The molecule has 2 aromatic rings. The maximum Gasteiger partial charge on any atom is 0.243 e. The SMILES string of the molecule is CC(C)(C)c1cnc(CCN(CCO)S(=O)(=O)c2ccc(Br)cc2)o1. The average molecular weight is 431 g/mol. The summed E-state index contributed by atoms with van der Waals surface area (Å²) in [6.07, 6.45) is 2.01. The zero-order valence-corrected chi connectivity index (χ0v) is 17.0. The van der Waals surface area contributed by atoms with E-state index < -0.39 is 10.0 Å². The number of sulfonamides is 1. The summed E-state index contributed by atoms with van der Waals surface area (Å²) in [6, 6.07) is 6.42. The van der Waals surface area contributed by atoms with E-state index in [1.54, 1.807) is 18.3 Å². The normalized spacial score (nSPS) is 12.7. The number of benzene rings is 1. The third-order valence-corrected chi connectivity index (χ3v) is 6.11. The minimum absolute atomic E-state index is 0.0191. The summed E-state index contributed by atoms with van der Waals surface area (Å²) in [5.74, 6) is 1.24. The molecule has 0 spiro atoms. The van der Waals surface area contributed by atoms with Crippen molar-refractivity contribution < 1.29 is 17.9 Å². The lowest BCUT2D eigenvalue weighted by molar-refractivity contribution is 0.251. The van der Waals surface area contributed by atoms with E-state index in [0.717, 1.165) is 10.2 Å². The van der Waals surface area contributed by atoms with Crippen LogP contribution < -0.4 is 0 Å². The van der Waals surface area contributed by atoms with Crippen molar-refractivity contribution in [2.24, 2.45) is 0 Å². The van der Waals surface area contributed by atoms with Crippen LogP contribution in [0.15, 0.2) is 44.2 Å². The van der Waals surface area contributed by atoms with Crippen molar-refractivity contribution in [1.82, 2.24) is 9.29 Å². The minimum atomic E-state index is -3.69. The van der Waals surface area contributed by atoms with Gasteiger partial charge >= 0.3 is 0 Å². The molecule has 0 radical (unpaired) electrons. The van der Waals surface area contributed by atoms with Crippen LogP contribution in [-0.2, 0) is 21.9 Å². The van der Waals surface area contributed by atoms with Crippen molar-refractivity contribution in [3.63, 3.8) is 0 Å². The third-order valence-electron chi connectivity index (χ3n) is 3.67. The van der Waals surface area contributed by atoms with E-state index in [1.165, 1.54) is 16.4 Å². The molecule has 0 aliphatic carbocycles. The molecule has 25 heavy (non-hydrogen) atoms. The van der Waals surface area contributed by atoms with Gasteiger partial charge in [-0.2, -0.15) is 4.31 Å². The van der Waals surface area contributed by atoms with Crippen LogP contribution in [0, 0.1) is 0 Å². The number of aliphatic hydroxyl groups is 1. The summed E-state index contributed by atoms with van der Waals surface area (Å²) in [6.45, 7) is 6.01. The quantitative estimate of drug-likeness (QED) is 0.729. The molecule has 0 bridgehead atoms. The van der Waals surface area contributed by atoms with Gasteiger partial charge in [0, 0.05) is 29.4 Å². The van der Waals surface area contributed by atoms with E-state index in [1.807, 2.05) is 20.8 Å². The van der Waals surface area contributed by atoms with Gasteiger partial charge in [0.05, 0.1) is 17.7 Å². The van der Waals surface area contributed by atoms with Crippen molar-refractivity contribution in [2.75, 3.05) is 19.7 Å². The van der Waals surface area contributed by atoms with Crippen LogP contribution in [0.25, 0.3) is 0 Å². The van der Waals surface area contributed by atoms with Crippen molar-refractivity contribution in [3.8, 4) is 0 Å². The smallest absolute Gasteiger partial charge is 0.243 e. The lowest BCUT2D eigenvalue weighted by Gasteiger charge is -2.20. The predicted octanol–water partition coefficient (Wildman–Crippen LogP) is 2.96. The number of aromatic nitrogens is 1. The second-order valence-corrected chi connectivity index (χ2v) is 9.55. The van der Waals surface area contributed by atoms with Crippen LogP contribution in [0.2, 0.25) is 0 Å². The predicted molar refractivity (Wildman–Crippen MR) is 98.9 cm³/mol. The first-order chi connectivity index (χ1) is 11.6. The average Bonchev–Trinajstić information content (AvgIpc) is 3.01. The van der Waals surface area contributed by atoms with E-state index >= 15 is 0 Å². The van der Waals surface area contributed by atoms with Crippen LogP contribution in [0.1, 0.15) is 32.4 Å². The Labute approximate surface area is 157 Å². The number of rotatable bonds is 7. The Morgan fingerprint density at radius 1 is 1.20 bits per heavy atom. The topological polar surface area (TPSA) is 83.6 Å². The standard InChI is InChI=1S/C17H23BrN2O4S/c1-17(2,3)15-12-19-16(24-15)8-9-20(10-11-21)25(22,23)14-6-4-13(18)5-7-14/h4-7,12,21H,8-11H2,1-3H3. The van der Waals surface area contributed by atoms with Gasteiger partial charge in [-0.1, -0.05) is 36.7 Å². The first-order valence-electron chi connectivity index (χ1n) is 7.96. The van der Waals surface area contributed by atoms with Gasteiger partial charge in [-0.3, -0.25) is 0 Å². The number of aliphatic hydroxyl groups excluding tert-OH is 1. The molecule has 0 fully saturated rings. The van der Waals surface area contributed by atoms with Crippen LogP contribution in [0.5, 0.6) is 0 Å². The van der Waals surface area contributed by atoms with Crippen LogP contribution >= 0.6 is 15.9 Å². The first-order valence-corrected chi connectivity index (χ1v) is 10.2. The lowest BCUT2D eigenvalue weighted by Crippen LogP contribution is -2.35. The zero-order valence-electron chi connectivity index (χ0n) is 14.6. The van der Waals surface area contributed by atoms with Gasteiger partial charge in [-0.15, -0.1) is 0 Å². The molecule has 1 aromatic carbocycles. The molecule has 1 heterocycles. The molecule has 8 heteroatoms. The molecule has 0 amide bonds. The Morgan fingerprint density at radius 2 is 1.84 bits per heavy atom. The molecule has 0 saturated heterocycles. The Kier molecular flexibility index (Phi) is 6.42.